The van der Waals surface area contributed by atoms with Crippen molar-refractivity contribution in [1.29, 1.82) is 0 Å². The summed E-state index contributed by atoms with van der Waals surface area (Å²) in [5.74, 6) is 0.602. The van der Waals surface area contributed by atoms with E-state index in [1.54, 1.807) is 0 Å². The van der Waals surface area contributed by atoms with Crippen LogP contribution in [-0.4, -0.2) is 30.3 Å². The first-order valence-electron chi connectivity index (χ1n) is 4.03. The van der Waals surface area contributed by atoms with Crippen molar-refractivity contribution < 1.29 is 10.2 Å². The fourth-order valence-corrected chi connectivity index (χ4v) is 1.78. The molecule has 0 aromatic rings. The highest BCUT2D eigenvalue weighted by molar-refractivity contribution is 6.12. The van der Waals surface area contributed by atoms with Crippen LogP contribution < -0.4 is 0 Å². The molecule has 58 valence electrons. The van der Waals surface area contributed by atoms with Gasteiger partial charge in [0.05, 0.1) is 12.2 Å². The van der Waals surface area contributed by atoms with Crippen LogP contribution in [0.1, 0.15) is 19.8 Å². The average molecular weight is 142 g/mol. The lowest BCUT2D eigenvalue weighted by Gasteiger charge is -2.14. The summed E-state index contributed by atoms with van der Waals surface area (Å²) in [5.41, 5.74) is 0. The van der Waals surface area contributed by atoms with Crippen LogP contribution in [0.25, 0.3) is 0 Å². The quantitative estimate of drug-likeness (QED) is 0.487. The Morgan fingerprint density at radius 1 is 1.40 bits per heavy atom. The Kier molecular flexibility index (Phi) is 2.37. The van der Waals surface area contributed by atoms with Crippen molar-refractivity contribution in [3.05, 3.63) is 0 Å². The molecule has 1 fully saturated rings. The zero-order chi connectivity index (χ0) is 7.72. The van der Waals surface area contributed by atoms with Gasteiger partial charge in [-0.3, -0.25) is 0 Å². The lowest BCUT2D eigenvalue weighted by Crippen LogP contribution is -2.26. The molecule has 0 spiro atoms. The highest BCUT2D eigenvalue weighted by Crippen LogP contribution is 2.35. The van der Waals surface area contributed by atoms with Gasteiger partial charge in [0, 0.05) is 0 Å². The molecule has 4 unspecified atom stereocenters. The van der Waals surface area contributed by atoms with E-state index in [2.05, 4.69) is 6.92 Å². The monoisotopic (exact) mass is 142 g/mol. The van der Waals surface area contributed by atoms with Crippen molar-refractivity contribution in [1.82, 2.24) is 0 Å². The van der Waals surface area contributed by atoms with E-state index in [1.807, 2.05) is 7.85 Å². The summed E-state index contributed by atoms with van der Waals surface area (Å²) in [4.78, 5) is 0. The molecule has 3 heteroatoms. The number of hydrogen-bond donors (Lipinski definition) is 2. The number of aliphatic hydroxyl groups excluding tert-OH is 2. The lowest BCUT2D eigenvalue weighted by atomic mass is 9.83. The van der Waals surface area contributed by atoms with Gasteiger partial charge in [-0.25, -0.2) is 0 Å². The maximum atomic E-state index is 9.38. The van der Waals surface area contributed by atoms with E-state index < -0.39 is 12.2 Å². The zero-order valence-electron chi connectivity index (χ0n) is 6.62. The van der Waals surface area contributed by atoms with Crippen molar-refractivity contribution in [3.63, 3.8) is 0 Å². The molecule has 0 bridgehead atoms. The van der Waals surface area contributed by atoms with Gasteiger partial charge in [0.1, 0.15) is 7.85 Å². The molecule has 0 aromatic heterocycles. The Balaban J connectivity index is 2.53. The fourth-order valence-electron chi connectivity index (χ4n) is 1.78. The van der Waals surface area contributed by atoms with Crippen molar-refractivity contribution in [2.24, 2.45) is 5.92 Å². The SMILES string of the molecule is BC1CC(CC)C(O)C1O. The van der Waals surface area contributed by atoms with Gasteiger partial charge in [-0.05, 0) is 18.2 Å². The van der Waals surface area contributed by atoms with E-state index in [4.69, 9.17) is 0 Å². The first-order chi connectivity index (χ1) is 4.66. The molecule has 1 saturated carbocycles. The van der Waals surface area contributed by atoms with Gasteiger partial charge in [-0.2, -0.15) is 0 Å². The summed E-state index contributed by atoms with van der Waals surface area (Å²) >= 11 is 0. The lowest BCUT2D eigenvalue weighted by molar-refractivity contribution is 0.0202. The van der Waals surface area contributed by atoms with Gasteiger partial charge >= 0.3 is 0 Å². The second-order valence-electron chi connectivity index (χ2n) is 3.36. The molecule has 0 aromatic carbocycles. The average Bonchev–Trinajstić information content (AvgIpc) is 2.17. The molecule has 4 atom stereocenters. The van der Waals surface area contributed by atoms with Crippen LogP contribution in [0.2, 0.25) is 5.82 Å². The third kappa shape index (κ3) is 1.20. The van der Waals surface area contributed by atoms with Gasteiger partial charge < -0.3 is 10.2 Å². The molecule has 2 N–H and O–H groups in total. The highest BCUT2D eigenvalue weighted by Gasteiger charge is 2.37. The van der Waals surface area contributed by atoms with Crippen LogP contribution in [0.5, 0.6) is 0 Å². The van der Waals surface area contributed by atoms with Crippen LogP contribution in [0.4, 0.5) is 0 Å². The number of aliphatic hydroxyl groups is 2. The van der Waals surface area contributed by atoms with Crippen LogP contribution in [-0.2, 0) is 0 Å². The molecule has 0 heterocycles. The van der Waals surface area contributed by atoms with Gasteiger partial charge in [-0.15, -0.1) is 0 Å². The number of hydrogen-bond acceptors (Lipinski definition) is 2. The van der Waals surface area contributed by atoms with Crippen molar-refractivity contribution in [3.8, 4) is 0 Å². The predicted molar refractivity (Wildman–Crippen MR) is 42.7 cm³/mol. The van der Waals surface area contributed by atoms with E-state index >= 15 is 0 Å². The minimum atomic E-state index is -0.482. The molecular formula is C7H15BO2. The predicted octanol–water partition coefficient (Wildman–Crippen LogP) is -0.440. The Bertz CT molecular complexity index is 118. The van der Waals surface area contributed by atoms with Gasteiger partial charge in [0.2, 0.25) is 0 Å². The Hall–Kier alpha value is -0.0151. The molecule has 0 amide bonds. The maximum Gasteiger partial charge on any atom is 0.108 e. The van der Waals surface area contributed by atoms with E-state index in [-0.39, 0.29) is 5.82 Å². The molecule has 1 aliphatic carbocycles. The Labute approximate surface area is 62.7 Å². The molecule has 1 rings (SSSR count). The van der Waals surface area contributed by atoms with Gasteiger partial charge in [0.25, 0.3) is 0 Å². The highest BCUT2D eigenvalue weighted by atomic mass is 16.3. The second-order valence-corrected chi connectivity index (χ2v) is 3.36. The van der Waals surface area contributed by atoms with Crippen molar-refractivity contribution in [2.75, 3.05) is 0 Å². The first kappa shape index (κ1) is 8.09. The minimum absolute atomic E-state index is 0.278. The molecule has 2 nitrogen and oxygen atoms in total. The van der Waals surface area contributed by atoms with Crippen LogP contribution >= 0.6 is 0 Å². The summed E-state index contributed by atoms with van der Waals surface area (Å²) in [6, 6.07) is 0. The van der Waals surface area contributed by atoms with Crippen LogP contribution in [0, 0.1) is 5.92 Å². The van der Waals surface area contributed by atoms with Crippen LogP contribution in [0.15, 0.2) is 0 Å². The second kappa shape index (κ2) is 2.93. The Morgan fingerprint density at radius 2 is 2.00 bits per heavy atom. The fraction of sp³-hybridized carbons (Fsp3) is 1.00. The third-order valence-electron chi connectivity index (χ3n) is 2.61. The van der Waals surface area contributed by atoms with Crippen LogP contribution in [0.3, 0.4) is 0 Å². The summed E-state index contributed by atoms with van der Waals surface area (Å²) in [6.45, 7) is 2.05. The van der Waals surface area contributed by atoms with Gasteiger partial charge in [-0.1, -0.05) is 13.3 Å². The smallest absolute Gasteiger partial charge is 0.108 e. The van der Waals surface area contributed by atoms with Crippen molar-refractivity contribution >= 4 is 7.85 Å². The minimum Gasteiger partial charge on any atom is -0.391 e. The van der Waals surface area contributed by atoms with Gasteiger partial charge in [0.15, 0.2) is 0 Å². The molecular weight excluding hydrogens is 127 g/mol. The van der Waals surface area contributed by atoms with Crippen molar-refractivity contribution in [2.45, 2.75) is 37.8 Å². The third-order valence-corrected chi connectivity index (χ3v) is 2.61. The van der Waals surface area contributed by atoms with E-state index in [0.29, 0.717) is 5.92 Å². The summed E-state index contributed by atoms with van der Waals surface area (Å²) < 4.78 is 0. The van der Waals surface area contributed by atoms with E-state index in [0.717, 1.165) is 12.8 Å². The first-order valence-corrected chi connectivity index (χ1v) is 4.03. The normalized spacial score (nSPS) is 47.9. The topological polar surface area (TPSA) is 40.5 Å². The summed E-state index contributed by atoms with van der Waals surface area (Å²) in [6.07, 6.45) is 0.992. The van der Waals surface area contributed by atoms with E-state index in [9.17, 15) is 10.2 Å². The summed E-state index contributed by atoms with van der Waals surface area (Å²) in [7, 11) is 1.99. The molecule has 1 aliphatic rings. The number of rotatable bonds is 1. The summed E-state index contributed by atoms with van der Waals surface area (Å²) in [5, 5.41) is 18.7. The maximum absolute atomic E-state index is 9.38. The molecule has 0 radical (unpaired) electrons. The van der Waals surface area contributed by atoms with E-state index in [1.165, 1.54) is 0 Å². The largest absolute Gasteiger partial charge is 0.391 e. The Morgan fingerprint density at radius 3 is 2.20 bits per heavy atom. The molecule has 10 heavy (non-hydrogen) atoms. The zero-order valence-corrected chi connectivity index (χ0v) is 6.62. The molecule has 0 saturated heterocycles. The molecule has 0 aliphatic heterocycles. The standard InChI is InChI=1S/C7H15BO2/c1-2-4-3-5(8)7(10)6(4)9/h4-7,9-10H,2-3,8H2,1H3.